The molecule has 0 aromatic carbocycles. The lowest BCUT2D eigenvalue weighted by Gasteiger charge is -2.34. The second kappa shape index (κ2) is 8.79. The van der Waals surface area contributed by atoms with Crippen molar-refractivity contribution in [3.8, 4) is 0 Å². The van der Waals surface area contributed by atoms with E-state index in [0.29, 0.717) is 43.9 Å². The number of pyridine rings is 1. The van der Waals surface area contributed by atoms with Gasteiger partial charge in [0.25, 0.3) is 0 Å². The number of nitrogens with zero attached hydrogens (tertiary/aromatic N) is 2. The fourth-order valence-corrected chi connectivity index (χ4v) is 3.89. The number of hydrazine groups is 1. The third kappa shape index (κ3) is 5.42. The van der Waals surface area contributed by atoms with Gasteiger partial charge in [0.1, 0.15) is 10.7 Å². The van der Waals surface area contributed by atoms with Crippen LogP contribution in [0.25, 0.3) is 5.70 Å². The second-order valence-corrected chi connectivity index (χ2v) is 8.66. The van der Waals surface area contributed by atoms with Crippen molar-refractivity contribution in [2.24, 2.45) is 11.8 Å². The maximum absolute atomic E-state index is 13.5. The van der Waals surface area contributed by atoms with Crippen LogP contribution in [0.3, 0.4) is 0 Å². The van der Waals surface area contributed by atoms with Crippen LogP contribution in [0.1, 0.15) is 45.1 Å². The molecule has 0 amide bonds. The SMILES string of the molecule is CC1C=C(c2ccc(Cl)nc2)N[C@@H](CCCN[C@](C)(C2CC2)C(F)(F)F)CN1N. The Morgan fingerprint density at radius 2 is 2.07 bits per heavy atom. The number of aromatic nitrogens is 1. The Morgan fingerprint density at radius 1 is 1.34 bits per heavy atom. The van der Waals surface area contributed by atoms with Crippen molar-refractivity contribution in [3.05, 3.63) is 35.1 Å². The standard InChI is InChI=1S/C20H29ClF3N5/c1-13-10-17(14-5-8-18(21)26-11-14)28-16(12-29(13)25)4-3-9-27-19(2,15-6-7-15)20(22,23)24/h5,8,10-11,13,15-16,27-28H,3-4,6-7,9,12,25H2,1-2H3/t13?,16-,19+/m0/s1. The third-order valence-electron chi connectivity index (χ3n) is 5.96. The van der Waals surface area contributed by atoms with Gasteiger partial charge in [-0.2, -0.15) is 13.2 Å². The summed E-state index contributed by atoms with van der Waals surface area (Å²) >= 11 is 5.88. The van der Waals surface area contributed by atoms with E-state index >= 15 is 0 Å². The minimum Gasteiger partial charge on any atom is -0.381 e. The van der Waals surface area contributed by atoms with E-state index in [1.54, 1.807) is 17.3 Å². The lowest BCUT2D eigenvalue weighted by molar-refractivity contribution is -0.197. The molecule has 1 aromatic heterocycles. The number of hydrogen-bond acceptors (Lipinski definition) is 5. The van der Waals surface area contributed by atoms with Crippen molar-refractivity contribution in [2.75, 3.05) is 13.1 Å². The summed E-state index contributed by atoms with van der Waals surface area (Å²) in [6, 6.07) is 3.64. The van der Waals surface area contributed by atoms with Crippen LogP contribution in [-0.4, -0.2) is 46.9 Å². The molecule has 162 valence electrons. The van der Waals surface area contributed by atoms with E-state index in [1.165, 1.54) is 6.92 Å². The summed E-state index contributed by atoms with van der Waals surface area (Å²) in [7, 11) is 0. The van der Waals surface area contributed by atoms with Gasteiger partial charge >= 0.3 is 6.18 Å². The number of rotatable bonds is 7. The highest BCUT2D eigenvalue weighted by molar-refractivity contribution is 6.29. The first kappa shape index (κ1) is 22.3. The molecule has 1 aliphatic carbocycles. The maximum Gasteiger partial charge on any atom is 0.406 e. The molecule has 4 N–H and O–H groups in total. The monoisotopic (exact) mass is 431 g/mol. The Morgan fingerprint density at radius 3 is 2.66 bits per heavy atom. The average molecular weight is 432 g/mol. The van der Waals surface area contributed by atoms with Crippen LogP contribution in [0.15, 0.2) is 24.4 Å². The lowest BCUT2D eigenvalue weighted by atomic mass is 9.94. The molecule has 2 aliphatic rings. The average Bonchev–Trinajstić information content (AvgIpc) is 3.49. The first-order valence-corrected chi connectivity index (χ1v) is 10.4. The van der Waals surface area contributed by atoms with E-state index in [9.17, 15) is 13.2 Å². The Hall–Kier alpha value is -1.35. The van der Waals surface area contributed by atoms with Gasteiger partial charge in [-0.05, 0) is 70.2 Å². The predicted molar refractivity (Wildman–Crippen MR) is 109 cm³/mol. The zero-order valence-electron chi connectivity index (χ0n) is 16.8. The highest BCUT2D eigenvalue weighted by Gasteiger charge is 2.58. The van der Waals surface area contributed by atoms with Gasteiger partial charge in [0.15, 0.2) is 0 Å². The molecule has 9 heteroatoms. The molecule has 5 nitrogen and oxygen atoms in total. The highest BCUT2D eigenvalue weighted by atomic mass is 35.5. The van der Waals surface area contributed by atoms with Crippen LogP contribution in [0.2, 0.25) is 5.15 Å². The fourth-order valence-electron chi connectivity index (χ4n) is 3.78. The molecule has 3 rings (SSSR count). The van der Waals surface area contributed by atoms with Crippen LogP contribution in [0, 0.1) is 5.92 Å². The van der Waals surface area contributed by atoms with Crippen LogP contribution >= 0.6 is 11.6 Å². The fraction of sp³-hybridized carbons (Fsp3) is 0.650. The molecule has 1 fully saturated rings. The van der Waals surface area contributed by atoms with E-state index in [2.05, 4.69) is 15.6 Å². The Kier molecular flexibility index (Phi) is 6.77. The van der Waals surface area contributed by atoms with Crippen LogP contribution in [-0.2, 0) is 0 Å². The van der Waals surface area contributed by atoms with Crippen LogP contribution < -0.4 is 16.5 Å². The minimum absolute atomic E-state index is 0.0136. The van der Waals surface area contributed by atoms with E-state index in [1.807, 2.05) is 19.1 Å². The number of hydrogen-bond donors (Lipinski definition) is 3. The normalized spacial score (nSPS) is 25.7. The molecule has 0 spiro atoms. The van der Waals surface area contributed by atoms with Crippen LogP contribution in [0.5, 0.6) is 0 Å². The van der Waals surface area contributed by atoms with Crippen molar-refractivity contribution < 1.29 is 13.2 Å². The van der Waals surface area contributed by atoms with Gasteiger partial charge in [-0.1, -0.05) is 11.6 Å². The van der Waals surface area contributed by atoms with Gasteiger partial charge < -0.3 is 10.6 Å². The molecule has 2 heterocycles. The molecule has 29 heavy (non-hydrogen) atoms. The van der Waals surface area contributed by atoms with Crippen molar-refractivity contribution in [2.45, 2.75) is 63.3 Å². The molecular formula is C20H29ClF3N5. The van der Waals surface area contributed by atoms with E-state index in [-0.39, 0.29) is 18.0 Å². The molecule has 0 saturated heterocycles. The molecule has 1 unspecified atom stereocenters. The number of nitrogens with one attached hydrogen (secondary N) is 2. The Bertz CT molecular complexity index is 720. The molecule has 0 bridgehead atoms. The van der Waals surface area contributed by atoms with Crippen molar-refractivity contribution in [1.82, 2.24) is 20.6 Å². The first-order valence-electron chi connectivity index (χ1n) is 10.0. The summed E-state index contributed by atoms with van der Waals surface area (Å²) in [5.74, 6) is 5.85. The van der Waals surface area contributed by atoms with E-state index in [0.717, 1.165) is 11.3 Å². The lowest BCUT2D eigenvalue weighted by Crippen LogP contribution is -2.56. The zero-order chi connectivity index (χ0) is 21.2. The summed E-state index contributed by atoms with van der Waals surface area (Å²) in [4.78, 5) is 4.13. The Labute approximate surface area is 174 Å². The Balaban J connectivity index is 1.59. The van der Waals surface area contributed by atoms with Gasteiger partial charge in [-0.15, -0.1) is 0 Å². The van der Waals surface area contributed by atoms with Crippen LogP contribution in [0.4, 0.5) is 13.2 Å². The number of halogens is 4. The van der Waals surface area contributed by atoms with Gasteiger partial charge in [0, 0.05) is 36.1 Å². The molecule has 0 radical (unpaired) electrons. The number of alkyl halides is 3. The minimum atomic E-state index is -4.24. The first-order chi connectivity index (χ1) is 13.6. The zero-order valence-corrected chi connectivity index (χ0v) is 17.5. The second-order valence-electron chi connectivity index (χ2n) is 8.27. The van der Waals surface area contributed by atoms with E-state index < -0.39 is 11.7 Å². The molecule has 1 saturated carbocycles. The van der Waals surface area contributed by atoms with Gasteiger partial charge in [0.05, 0.1) is 0 Å². The maximum atomic E-state index is 13.5. The summed E-state index contributed by atoms with van der Waals surface area (Å²) in [6.45, 7) is 4.19. The topological polar surface area (TPSA) is 66.2 Å². The van der Waals surface area contributed by atoms with Crippen molar-refractivity contribution in [1.29, 1.82) is 0 Å². The largest absolute Gasteiger partial charge is 0.406 e. The summed E-state index contributed by atoms with van der Waals surface area (Å²) in [5.41, 5.74) is 0.0157. The summed E-state index contributed by atoms with van der Waals surface area (Å²) < 4.78 is 40.4. The molecule has 3 atom stereocenters. The third-order valence-corrected chi connectivity index (χ3v) is 6.19. The number of nitrogens with two attached hydrogens (primary N) is 1. The molecule has 1 aromatic rings. The van der Waals surface area contributed by atoms with Gasteiger partial charge in [-0.3, -0.25) is 5.84 Å². The predicted octanol–water partition coefficient (Wildman–Crippen LogP) is 3.71. The van der Waals surface area contributed by atoms with Crippen molar-refractivity contribution in [3.63, 3.8) is 0 Å². The molecule has 1 aliphatic heterocycles. The molecular weight excluding hydrogens is 403 g/mol. The van der Waals surface area contributed by atoms with Crippen molar-refractivity contribution >= 4 is 17.3 Å². The van der Waals surface area contributed by atoms with Gasteiger partial charge in [-0.25, -0.2) is 9.99 Å². The summed E-state index contributed by atoms with van der Waals surface area (Å²) in [6.07, 6.45) is 2.07. The van der Waals surface area contributed by atoms with Gasteiger partial charge in [0.2, 0.25) is 0 Å². The van der Waals surface area contributed by atoms with E-state index in [4.69, 9.17) is 17.4 Å². The summed E-state index contributed by atoms with van der Waals surface area (Å²) in [5, 5.41) is 8.43. The quantitative estimate of drug-likeness (QED) is 0.349. The smallest absolute Gasteiger partial charge is 0.381 e. The highest BCUT2D eigenvalue weighted by Crippen LogP contribution is 2.47.